The van der Waals surface area contributed by atoms with E-state index in [0.717, 1.165) is 49.4 Å². The van der Waals surface area contributed by atoms with Gasteiger partial charge < -0.3 is 10.1 Å². The van der Waals surface area contributed by atoms with Crippen molar-refractivity contribution < 1.29 is 9.53 Å². The fourth-order valence-corrected chi connectivity index (χ4v) is 3.99. The Balaban J connectivity index is 1.47. The van der Waals surface area contributed by atoms with Crippen molar-refractivity contribution >= 4 is 29.1 Å². The lowest BCUT2D eigenvalue weighted by atomic mass is 9.95. The van der Waals surface area contributed by atoms with Crippen molar-refractivity contribution in [3.63, 3.8) is 0 Å². The van der Waals surface area contributed by atoms with Gasteiger partial charge in [-0.25, -0.2) is 0 Å². The molecule has 2 aromatic rings. The maximum Gasteiger partial charge on any atom is 0.223 e. The molecule has 0 atom stereocenters. The molecule has 1 N–H and O–H groups in total. The fourth-order valence-electron chi connectivity index (χ4n) is 3.52. The minimum Gasteiger partial charge on any atom is -0.494 e. The van der Waals surface area contributed by atoms with E-state index in [4.69, 9.17) is 27.9 Å². The van der Waals surface area contributed by atoms with E-state index in [1.807, 2.05) is 43.3 Å². The van der Waals surface area contributed by atoms with E-state index in [2.05, 4.69) is 10.2 Å². The van der Waals surface area contributed by atoms with E-state index >= 15 is 0 Å². The molecule has 0 saturated carbocycles. The molecule has 1 aliphatic rings. The number of carbonyl (C=O) groups is 1. The summed E-state index contributed by atoms with van der Waals surface area (Å²) in [6.07, 6.45) is 1.70. The van der Waals surface area contributed by atoms with Gasteiger partial charge in [-0.15, -0.1) is 0 Å². The first-order chi connectivity index (χ1) is 13.6. The molecule has 3 rings (SSSR count). The largest absolute Gasteiger partial charge is 0.494 e. The molecular weight excluding hydrogens is 395 g/mol. The topological polar surface area (TPSA) is 41.6 Å². The first-order valence-electron chi connectivity index (χ1n) is 9.71. The fraction of sp³-hybridized carbons (Fsp3) is 0.409. The third-order valence-electron chi connectivity index (χ3n) is 5.09. The van der Waals surface area contributed by atoms with Crippen LogP contribution in [0.15, 0.2) is 42.5 Å². The number of para-hydroxylation sites is 1. The maximum absolute atomic E-state index is 12.6. The summed E-state index contributed by atoms with van der Waals surface area (Å²) in [6.45, 7) is 5.61. The first kappa shape index (κ1) is 21.0. The number of likely N-dealkylation sites (tertiary alicyclic amines) is 1. The van der Waals surface area contributed by atoms with Gasteiger partial charge in [-0.3, -0.25) is 9.69 Å². The van der Waals surface area contributed by atoms with E-state index in [9.17, 15) is 4.79 Å². The molecule has 6 heteroatoms. The lowest BCUT2D eigenvalue weighted by Crippen LogP contribution is -2.40. The lowest BCUT2D eigenvalue weighted by molar-refractivity contribution is -0.126. The summed E-state index contributed by atoms with van der Waals surface area (Å²) in [5, 5.41) is 4.42. The zero-order valence-corrected chi connectivity index (χ0v) is 17.6. The zero-order chi connectivity index (χ0) is 19.9. The summed E-state index contributed by atoms with van der Waals surface area (Å²) in [5.41, 5.74) is 2.08. The number of rotatable bonds is 7. The van der Waals surface area contributed by atoms with Crippen LogP contribution in [0, 0.1) is 5.92 Å². The molecule has 0 aliphatic carbocycles. The van der Waals surface area contributed by atoms with Gasteiger partial charge in [-0.1, -0.05) is 47.5 Å². The second-order valence-electron chi connectivity index (χ2n) is 7.04. The number of piperidine rings is 1. The monoisotopic (exact) mass is 420 g/mol. The van der Waals surface area contributed by atoms with Crippen LogP contribution in [-0.2, 0) is 17.9 Å². The molecule has 0 aromatic heterocycles. The van der Waals surface area contributed by atoms with Crippen LogP contribution in [-0.4, -0.2) is 30.5 Å². The highest BCUT2D eigenvalue weighted by molar-refractivity contribution is 6.35. The molecular formula is C22H26Cl2N2O2. The second kappa shape index (κ2) is 10.1. The van der Waals surface area contributed by atoms with Crippen molar-refractivity contribution in [1.29, 1.82) is 0 Å². The van der Waals surface area contributed by atoms with Crippen molar-refractivity contribution in [2.75, 3.05) is 19.7 Å². The van der Waals surface area contributed by atoms with Crippen LogP contribution in [0.2, 0.25) is 10.0 Å². The average molecular weight is 421 g/mol. The van der Waals surface area contributed by atoms with Crippen LogP contribution >= 0.6 is 23.2 Å². The summed E-state index contributed by atoms with van der Waals surface area (Å²) < 4.78 is 5.63. The molecule has 1 aliphatic heterocycles. The van der Waals surface area contributed by atoms with Crippen molar-refractivity contribution in [2.45, 2.75) is 32.9 Å². The molecule has 1 amide bonds. The minimum atomic E-state index is 0.0520. The molecule has 4 nitrogen and oxygen atoms in total. The number of benzene rings is 2. The summed E-state index contributed by atoms with van der Waals surface area (Å²) in [5.74, 6) is 1.01. The van der Waals surface area contributed by atoms with Crippen molar-refractivity contribution in [3.05, 3.63) is 63.6 Å². The van der Waals surface area contributed by atoms with Gasteiger partial charge in [-0.2, -0.15) is 0 Å². The molecule has 0 spiro atoms. The lowest BCUT2D eigenvalue weighted by Gasteiger charge is -2.31. The number of nitrogens with zero attached hydrogens (tertiary/aromatic N) is 1. The quantitative estimate of drug-likeness (QED) is 0.690. The molecule has 2 aromatic carbocycles. The van der Waals surface area contributed by atoms with Crippen LogP contribution in [0.25, 0.3) is 0 Å². The number of halogens is 2. The Bertz CT molecular complexity index is 805. The highest BCUT2D eigenvalue weighted by atomic mass is 35.5. The van der Waals surface area contributed by atoms with Crippen molar-refractivity contribution in [1.82, 2.24) is 10.2 Å². The highest BCUT2D eigenvalue weighted by Crippen LogP contribution is 2.25. The van der Waals surface area contributed by atoms with Gasteiger partial charge in [-0.05, 0) is 56.6 Å². The number of hydrogen-bond acceptors (Lipinski definition) is 3. The minimum absolute atomic E-state index is 0.0520. The van der Waals surface area contributed by atoms with E-state index < -0.39 is 0 Å². The Morgan fingerprint density at radius 3 is 2.61 bits per heavy atom. The van der Waals surface area contributed by atoms with Crippen LogP contribution in [0.5, 0.6) is 5.75 Å². The number of nitrogens with one attached hydrogen (secondary N) is 1. The van der Waals surface area contributed by atoms with E-state index in [1.165, 1.54) is 0 Å². The zero-order valence-electron chi connectivity index (χ0n) is 16.1. The Hall–Kier alpha value is -1.75. The molecule has 1 heterocycles. The van der Waals surface area contributed by atoms with Gasteiger partial charge in [0, 0.05) is 34.6 Å². The van der Waals surface area contributed by atoms with Gasteiger partial charge >= 0.3 is 0 Å². The molecule has 0 bridgehead atoms. The molecule has 0 radical (unpaired) electrons. The van der Waals surface area contributed by atoms with Gasteiger partial charge in [0.15, 0.2) is 0 Å². The molecule has 150 valence electrons. The summed E-state index contributed by atoms with van der Waals surface area (Å²) >= 11 is 12.2. The predicted molar refractivity (Wildman–Crippen MR) is 114 cm³/mol. The summed E-state index contributed by atoms with van der Waals surface area (Å²) in [7, 11) is 0. The van der Waals surface area contributed by atoms with Crippen LogP contribution in [0.3, 0.4) is 0 Å². The Morgan fingerprint density at radius 1 is 1.14 bits per heavy atom. The van der Waals surface area contributed by atoms with E-state index in [-0.39, 0.29) is 11.8 Å². The van der Waals surface area contributed by atoms with Crippen LogP contribution in [0.4, 0.5) is 0 Å². The maximum atomic E-state index is 12.6. The van der Waals surface area contributed by atoms with E-state index in [1.54, 1.807) is 6.07 Å². The number of amides is 1. The van der Waals surface area contributed by atoms with Gasteiger partial charge in [0.1, 0.15) is 5.75 Å². The van der Waals surface area contributed by atoms with Gasteiger partial charge in [0.25, 0.3) is 0 Å². The smallest absolute Gasteiger partial charge is 0.223 e. The first-order valence-corrected chi connectivity index (χ1v) is 10.5. The van der Waals surface area contributed by atoms with Crippen molar-refractivity contribution in [3.8, 4) is 5.75 Å². The standard InChI is InChI=1S/C22H26Cl2N2O2/c1-2-28-21-6-4-3-5-17(21)14-25-22(27)16-9-11-26(12-10-16)15-18-7-8-19(23)13-20(18)24/h3-8,13,16H,2,9-12,14-15H2,1H3,(H,25,27). The number of ether oxygens (including phenoxy) is 1. The second-order valence-corrected chi connectivity index (χ2v) is 7.89. The summed E-state index contributed by atoms with van der Waals surface area (Å²) in [4.78, 5) is 14.9. The number of carbonyl (C=O) groups excluding carboxylic acids is 1. The van der Waals surface area contributed by atoms with Gasteiger partial charge in [0.2, 0.25) is 5.91 Å². The van der Waals surface area contributed by atoms with Crippen LogP contribution in [0.1, 0.15) is 30.9 Å². The molecule has 0 unspecified atom stereocenters. The molecule has 1 saturated heterocycles. The van der Waals surface area contributed by atoms with Crippen LogP contribution < -0.4 is 10.1 Å². The average Bonchev–Trinajstić information content (AvgIpc) is 2.70. The van der Waals surface area contributed by atoms with Gasteiger partial charge in [0.05, 0.1) is 6.61 Å². The molecule has 1 fully saturated rings. The van der Waals surface area contributed by atoms with E-state index in [0.29, 0.717) is 23.2 Å². The molecule has 28 heavy (non-hydrogen) atoms. The normalized spacial score (nSPS) is 15.4. The predicted octanol–water partition coefficient (Wildman–Crippen LogP) is 4.92. The van der Waals surface area contributed by atoms with Crippen molar-refractivity contribution in [2.24, 2.45) is 5.92 Å². The summed E-state index contributed by atoms with van der Waals surface area (Å²) in [6, 6.07) is 13.4. The Morgan fingerprint density at radius 2 is 1.89 bits per heavy atom. The third-order valence-corrected chi connectivity index (χ3v) is 5.68. The Kier molecular flexibility index (Phi) is 7.60. The Labute approximate surface area is 176 Å². The third kappa shape index (κ3) is 5.63. The highest BCUT2D eigenvalue weighted by Gasteiger charge is 2.25. The number of hydrogen-bond donors (Lipinski definition) is 1. The SMILES string of the molecule is CCOc1ccccc1CNC(=O)C1CCN(Cc2ccc(Cl)cc2Cl)CC1.